The summed E-state index contributed by atoms with van der Waals surface area (Å²) in [6, 6.07) is 7.77. The molecule has 0 unspecified atom stereocenters. The Balaban J connectivity index is 3.19. The van der Waals surface area contributed by atoms with Crippen molar-refractivity contribution in [2.75, 3.05) is 0 Å². The SMILES string of the molecule is C=C[C@](C)(O)c1ccccc1C. The average Bonchev–Trinajstić information content (AvgIpc) is 2.05. The van der Waals surface area contributed by atoms with E-state index in [9.17, 15) is 5.11 Å². The third kappa shape index (κ3) is 1.56. The lowest BCUT2D eigenvalue weighted by Gasteiger charge is -2.20. The fourth-order valence-corrected chi connectivity index (χ4v) is 1.25. The number of benzene rings is 1. The molecule has 1 N–H and O–H groups in total. The monoisotopic (exact) mass is 162 g/mol. The average molecular weight is 162 g/mol. The van der Waals surface area contributed by atoms with Gasteiger partial charge in [0, 0.05) is 0 Å². The van der Waals surface area contributed by atoms with Crippen LogP contribution in [0.1, 0.15) is 18.1 Å². The van der Waals surface area contributed by atoms with Gasteiger partial charge in [0.1, 0.15) is 5.60 Å². The summed E-state index contributed by atoms with van der Waals surface area (Å²) in [5, 5.41) is 9.86. The van der Waals surface area contributed by atoms with Gasteiger partial charge in [0.05, 0.1) is 0 Å². The minimum Gasteiger partial charge on any atom is -0.381 e. The predicted octanol–water partition coefficient (Wildman–Crippen LogP) is 2.39. The van der Waals surface area contributed by atoms with E-state index in [2.05, 4.69) is 6.58 Å². The fourth-order valence-electron chi connectivity index (χ4n) is 1.25. The van der Waals surface area contributed by atoms with Crippen LogP contribution in [0.2, 0.25) is 0 Å². The van der Waals surface area contributed by atoms with E-state index in [0.717, 1.165) is 11.1 Å². The predicted molar refractivity (Wildman–Crippen MR) is 50.9 cm³/mol. The molecule has 0 radical (unpaired) electrons. The van der Waals surface area contributed by atoms with Crippen molar-refractivity contribution in [2.45, 2.75) is 19.4 Å². The highest BCUT2D eigenvalue weighted by Gasteiger charge is 2.19. The number of rotatable bonds is 2. The molecule has 1 nitrogen and oxygen atoms in total. The molecule has 1 aromatic carbocycles. The summed E-state index contributed by atoms with van der Waals surface area (Å²) in [6.07, 6.45) is 1.55. The summed E-state index contributed by atoms with van der Waals surface area (Å²) in [6.45, 7) is 7.32. The zero-order chi connectivity index (χ0) is 9.19. The summed E-state index contributed by atoms with van der Waals surface area (Å²) in [4.78, 5) is 0. The van der Waals surface area contributed by atoms with E-state index < -0.39 is 5.60 Å². The molecule has 0 aliphatic carbocycles. The Morgan fingerprint density at radius 3 is 2.50 bits per heavy atom. The van der Waals surface area contributed by atoms with Crippen molar-refractivity contribution < 1.29 is 5.11 Å². The maximum atomic E-state index is 9.86. The Bertz CT molecular complexity index is 287. The van der Waals surface area contributed by atoms with Gasteiger partial charge in [-0.3, -0.25) is 0 Å². The Kier molecular flexibility index (Phi) is 2.34. The lowest BCUT2D eigenvalue weighted by atomic mass is 9.92. The van der Waals surface area contributed by atoms with Crippen LogP contribution in [0.5, 0.6) is 0 Å². The highest BCUT2D eigenvalue weighted by Crippen LogP contribution is 2.24. The molecule has 0 aliphatic rings. The summed E-state index contributed by atoms with van der Waals surface area (Å²) < 4.78 is 0. The minimum absolute atomic E-state index is 0.911. The normalized spacial score (nSPS) is 15.2. The van der Waals surface area contributed by atoms with Crippen molar-refractivity contribution in [3.63, 3.8) is 0 Å². The van der Waals surface area contributed by atoms with Crippen LogP contribution in [0.3, 0.4) is 0 Å². The van der Waals surface area contributed by atoms with E-state index >= 15 is 0 Å². The van der Waals surface area contributed by atoms with Crippen molar-refractivity contribution in [3.05, 3.63) is 48.0 Å². The van der Waals surface area contributed by atoms with Gasteiger partial charge in [-0.1, -0.05) is 36.9 Å². The van der Waals surface area contributed by atoms with Gasteiger partial charge < -0.3 is 5.11 Å². The van der Waals surface area contributed by atoms with Gasteiger partial charge in [-0.25, -0.2) is 0 Å². The van der Waals surface area contributed by atoms with E-state index in [1.54, 1.807) is 13.0 Å². The summed E-state index contributed by atoms with van der Waals surface area (Å²) >= 11 is 0. The van der Waals surface area contributed by atoms with Crippen LogP contribution >= 0.6 is 0 Å². The maximum absolute atomic E-state index is 9.86. The van der Waals surface area contributed by atoms with Crippen LogP contribution in [0.25, 0.3) is 0 Å². The van der Waals surface area contributed by atoms with Gasteiger partial charge in [0.15, 0.2) is 0 Å². The van der Waals surface area contributed by atoms with Crippen molar-refractivity contribution in [2.24, 2.45) is 0 Å². The summed E-state index contributed by atoms with van der Waals surface area (Å²) in [7, 11) is 0. The first kappa shape index (κ1) is 9.01. The molecule has 64 valence electrons. The molecule has 1 rings (SSSR count). The molecule has 1 heteroatoms. The van der Waals surface area contributed by atoms with Gasteiger partial charge in [0.2, 0.25) is 0 Å². The maximum Gasteiger partial charge on any atom is 0.105 e. The number of hydrogen-bond donors (Lipinski definition) is 1. The Hall–Kier alpha value is -1.08. The molecule has 1 aromatic rings. The topological polar surface area (TPSA) is 20.2 Å². The Labute approximate surface area is 73.4 Å². The number of aliphatic hydroxyl groups is 1. The van der Waals surface area contributed by atoms with Crippen molar-refractivity contribution >= 4 is 0 Å². The van der Waals surface area contributed by atoms with Gasteiger partial charge in [0.25, 0.3) is 0 Å². The first-order valence-corrected chi connectivity index (χ1v) is 4.00. The van der Waals surface area contributed by atoms with Crippen LogP contribution in [0.15, 0.2) is 36.9 Å². The van der Waals surface area contributed by atoms with E-state index in [1.807, 2.05) is 31.2 Å². The second-order valence-corrected chi connectivity index (χ2v) is 3.17. The smallest absolute Gasteiger partial charge is 0.105 e. The fraction of sp³-hybridized carbons (Fsp3) is 0.273. The Morgan fingerprint density at radius 2 is 2.00 bits per heavy atom. The zero-order valence-corrected chi connectivity index (χ0v) is 7.54. The second-order valence-electron chi connectivity index (χ2n) is 3.17. The van der Waals surface area contributed by atoms with Crippen LogP contribution < -0.4 is 0 Å². The van der Waals surface area contributed by atoms with E-state index in [-0.39, 0.29) is 0 Å². The minimum atomic E-state index is -0.911. The van der Waals surface area contributed by atoms with Gasteiger partial charge >= 0.3 is 0 Å². The molecule has 12 heavy (non-hydrogen) atoms. The number of hydrogen-bond acceptors (Lipinski definition) is 1. The first-order valence-electron chi connectivity index (χ1n) is 4.00. The zero-order valence-electron chi connectivity index (χ0n) is 7.54. The van der Waals surface area contributed by atoms with Crippen molar-refractivity contribution in [1.29, 1.82) is 0 Å². The van der Waals surface area contributed by atoms with Crippen LogP contribution in [0, 0.1) is 6.92 Å². The van der Waals surface area contributed by atoms with Crippen LogP contribution in [-0.2, 0) is 5.60 Å². The molecular weight excluding hydrogens is 148 g/mol. The highest BCUT2D eigenvalue weighted by molar-refractivity contribution is 5.33. The largest absolute Gasteiger partial charge is 0.381 e. The highest BCUT2D eigenvalue weighted by atomic mass is 16.3. The second kappa shape index (κ2) is 3.11. The third-order valence-electron chi connectivity index (χ3n) is 2.09. The lowest BCUT2D eigenvalue weighted by molar-refractivity contribution is 0.111. The molecule has 0 saturated carbocycles. The van der Waals surface area contributed by atoms with Gasteiger partial charge in [-0.2, -0.15) is 0 Å². The van der Waals surface area contributed by atoms with Crippen LogP contribution in [-0.4, -0.2) is 5.11 Å². The summed E-state index contributed by atoms with van der Waals surface area (Å²) in [5.41, 5.74) is 1.09. The van der Waals surface area contributed by atoms with E-state index in [0.29, 0.717) is 0 Å². The molecule has 0 heterocycles. The van der Waals surface area contributed by atoms with E-state index in [4.69, 9.17) is 0 Å². The van der Waals surface area contributed by atoms with Crippen molar-refractivity contribution in [1.82, 2.24) is 0 Å². The molecule has 0 aromatic heterocycles. The van der Waals surface area contributed by atoms with Gasteiger partial charge in [-0.15, -0.1) is 0 Å². The summed E-state index contributed by atoms with van der Waals surface area (Å²) in [5.74, 6) is 0. The van der Waals surface area contributed by atoms with E-state index in [1.165, 1.54) is 0 Å². The van der Waals surface area contributed by atoms with Crippen LogP contribution in [0.4, 0.5) is 0 Å². The Morgan fingerprint density at radius 1 is 1.42 bits per heavy atom. The van der Waals surface area contributed by atoms with Gasteiger partial charge in [-0.05, 0) is 25.0 Å². The molecule has 1 atom stereocenters. The molecular formula is C11H14O. The first-order chi connectivity index (χ1) is 5.58. The standard InChI is InChI=1S/C11H14O/c1-4-11(3,12)10-8-6-5-7-9(10)2/h4-8,12H,1H2,2-3H3/t11-/m0/s1. The molecule has 0 aliphatic heterocycles. The molecule has 0 amide bonds. The quantitative estimate of drug-likeness (QED) is 0.662. The molecule has 0 spiro atoms. The molecule has 0 saturated heterocycles. The number of aryl methyl sites for hydroxylation is 1. The molecule has 0 fully saturated rings. The van der Waals surface area contributed by atoms with Crippen molar-refractivity contribution in [3.8, 4) is 0 Å². The lowest BCUT2D eigenvalue weighted by Crippen LogP contribution is -2.18. The molecule has 0 bridgehead atoms. The third-order valence-corrected chi connectivity index (χ3v) is 2.09.